The molecule has 0 aromatic heterocycles. The number of amides is 3. The molecule has 7 nitrogen and oxygen atoms in total. The highest BCUT2D eigenvalue weighted by Crippen LogP contribution is 2.22. The first-order valence-electron chi connectivity index (χ1n) is 7.41. The second-order valence-corrected chi connectivity index (χ2v) is 5.29. The summed E-state index contributed by atoms with van der Waals surface area (Å²) in [5.41, 5.74) is 1.79. The Morgan fingerprint density at radius 2 is 1.76 bits per heavy atom. The number of hydrogen-bond acceptors (Lipinski definition) is 4. The molecule has 0 aliphatic carbocycles. The lowest BCUT2D eigenvalue weighted by molar-refractivity contribution is -0.115. The van der Waals surface area contributed by atoms with Gasteiger partial charge in [0.05, 0.1) is 5.56 Å². The van der Waals surface area contributed by atoms with Crippen LogP contribution >= 0.6 is 0 Å². The number of carboxylic acid groups (broad SMARTS) is 1. The summed E-state index contributed by atoms with van der Waals surface area (Å²) in [7, 11) is 0. The Balaban J connectivity index is 1.75. The summed E-state index contributed by atoms with van der Waals surface area (Å²) >= 11 is 0. The monoisotopic (exact) mass is 338 g/mol. The lowest BCUT2D eigenvalue weighted by Gasteiger charge is -2.10. The molecule has 7 heteroatoms. The number of imide groups is 1. The number of carbonyl (C=O) groups excluding carboxylic acids is 2. The van der Waals surface area contributed by atoms with E-state index in [2.05, 4.69) is 10.6 Å². The van der Waals surface area contributed by atoms with Crippen LogP contribution in [0.25, 0.3) is 6.08 Å². The van der Waals surface area contributed by atoms with Gasteiger partial charge in [0.1, 0.15) is 18.1 Å². The van der Waals surface area contributed by atoms with E-state index in [-0.39, 0.29) is 17.9 Å². The number of urea groups is 1. The molecule has 2 aromatic carbocycles. The van der Waals surface area contributed by atoms with Gasteiger partial charge < -0.3 is 15.2 Å². The van der Waals surface area contributed by atoms with Crippen molar-refractivity contribution < 1.29 is 24.2 Å². The third kappa shape index (κ3) is 3.84. The van der Waals surface area contributed by atoms with Crippen LogP contribution in [-0.4, -0.2) is 23.0 Å². The van der Waals surface area contributed by atoms with Crippen LogP contribution in [0.15, 0.2) is 54.2 Å². The van der Waals surface area contributed by atoms with E-state index in [1.807, 2.05) is 0 Å². The van der Waals surface area contributed by atoms with Crippen molar-refractivity contribution in [3.05, 3.63) is 70.9 Å². The molecule has 0 atom stereocenters. The van der Waals surface area contributed by atoms with Crippen molar-refractivity contribution in [2.24, 2.45) is 0 Å². The van der Waals surface area contributed by atoms with Gasteiger partial charge in [-0.2, -0.15) is 0 Å². The Labute approximate surface area is 142 Å². The first-order chi connectivity index (χ1) is 12.0. The molecule has 0 bridgehead atoms. The summed E-state index contributed by atoms with van der Waals surface area (Å²) in [5, 5.41) is 13.4. The third-order valence-electron chi connectivity index (χ3n) is 3.53. The first kappa shape index (κ1) is 16.3. The molecule has 1 heterocycles. The minimum Gasteiger partial charge on any atom is -0.488 e. The number of aromatic carboxylic acids is 1. The van der Waals surface area contributed by atoms with Crippen LogP contribution in [0.4, 0.5) is 4.79 Å². The van der Waals surface area contributed by atoms with Crippen LogP contribution in [0.5, 0.6) is 5.75 Å². The van der Waals surface area contributed by atoms with Crippen LogP contribution in [0.1, 0.15) is 21.5 Å². The molecule has 3 rings (SSSR count). The quantitative estimate of drug-likeness (QED) is 0.572. The number of ether oxygens (including phenoxy) is 1. The standard InChI is InChI=1S/C18H14N2O5/c21-16-14(19-18(24)20-16)9-13-3-1-2-4-15(13)25-10-11-5-7-12(8-6-11)17(22)23/h1-9H,10H2,(H,22,23)(H2,19,20,21,24)/b14-9+. The summed E-state index contributed by atoms with van der Waals surface area (Å²) in [6.45, 7) is 0.235. The zero-order valence-corrected chi connectivity index (χ0v) is 13.0. The lowest BCUT2D eigenvalue weighted by Crippen LogP contribution is -2.22. The summed E-state index contributed by atoms with van der Waals surface area (Å²) in [4.78, 5) is 33.6. The maximum Gasteiger partial charge on any atom is 0.335 e. The van der Waals surface area contributed by atoms with Crippen molar-refractivity contribution in [1.82, 2.24) is 10.6 Å². The van der Waals surface area contributed by atoms with Crippen molar-refractivity contribution in [2.75, 3.05) is 0 Å². The third-order valence-corrected chi connectivity index (χ3v) is 3.53. The normalized spacial score (nSPS) is 15.0. The maximum atomic E-state index is 11.6. The average molecular weight is 338 g/mol. The predicted octanol–water partition coefficient (Wildman–Crippen LogP) is 2.14. The molecular weight excluding hydrogens is 324 g/mol. The molecule has 1 saturated heterocycles. The largest absolute Gasteiger partial charge is 0.488 e. The van der Waals surface area contributed by atoms with Crippen molar-refractivity contribution in [1.29, 1.82) is 0 Å². The Morgan fingerprint density at radius 1 is 1.04 bits per heavy atom. The summed E-state index contributed by atoms with van der Waals surface area (Å²) in [5.74, 6) is -0.948. The summed E-state index contributed by atoms with van der Waals surface area (Å²) < 4.78 is 5.76. The molecule has 126 valence electrons. The second kappa shape index (κ2) is 6.88. The minimum atomic E-state index is -0.985. The van der Waals surface area contributed by atoms with Gasteiger partial charge >= 0.3 is 12.0 Å². The highest BCUT2D eigenvalue weighted by Gasteiger charge is 2.23. The van der Waals surface area contributed by atoms with Crippen molar-refractivity contribution in [3.63, 3.8) is 0 Å². The van der Waals surface area contributed by atoms with Crippen molar-refractivity contribution in [3.8, 4) is 5.75 Å². The van der Waals surface area contributed by atoms with E-state index < -0.39 is 17.9 Å². The van der Waals surface area contributed by atoms with Crippen LogP contribution in [0, 0.1) is 0 Å². The van der Waals surface area contributed by atoms with Gasteiger partial charge in [-0.3, -0.25) is 10.1 Å². The van der Waals surface area contributed by atoms with Crippen LogP contribution < -0.4 is 15.4 Å². The van der Waals surface area contributed by atoms with Gasteiger partial charge in [-0.1, -0.05) is 30.3 Å². The Bertz CT molecular complexity index is 871. The molecule has 0 unspecified atom stereocenters. The number of carbonyl (C=O) groups is 3. The predicted molar refractivity (Wildman–Crippen MR) is 88.8 cm³/mol. The Hall–Kier alpha value is -3.61. The molecular formula is C18H14N2O5. The molecule has 25 heavy (non-hydrogen) atoms. The van der Waals surface area contributed by atoms with E-state index >= 15 is 0 Å². The van der Waals surface area contributed by atoms with E-state index in [1.54, 1.807) is 36.4 Å². The van der Waals surface area contributed by atoms with E-state index in [4.69, 9.17) is 9.84 Å². The van der Waals surface area contributed by atoms with Gasteiger partial charge in [0.25, 0.3) is 5.91 Å². The van der Waals surface area contributed by atoms with Gasteiger partial charge in [-0.25, -0.2) is 9.59 Å². The fourth-order valence-corrected chi connectivity index (χ4v) is 2.27. The molecule has 0 spiro atoms. The SMILES string of the molecule is O=C1NC(=O)/C(=C\c2ccccc2OCc2ccc(C(=O)O)cc2)N1. The zero-order valence-electron chi connectivity index (χ0n) is 13.0. The summed E-state index contributed by atoms with van der Waals surface area (Å²) in [6.07, 6.45) is 1.53. The molecule has 3 amide bonds. The van der Waals surface area contributed by atoms with Crippen LogP contribution in [-0.2, 0) is 11.4 Å². The van der Waals surface area contributed by atoms with Crippen LogP contribution in [0.2, 0.25) is 0 Å². The number of hydrogen-bond donors (Lipinski definition) is 3. The smallest absolute Gasteiger partial charge is 0.335 e. The van der Waals surface area contributed by atoms with Gasteiger partial charge in [0, 0.05) is 5.56 Å². The first-order valence-corrected chi connectivity index (χ1v) is 7.41. The number of nitrogens with one attached hydrogen (secondary N) is 2. The number of benzene rings is 2. The second-order valence-electron chi connectivity index (χ2n) is 5.29. The molecule has 1 aliphatic heterocycles. The van der Waals surface area contributed by atoms with Crippen molar-refractivity contribution >= 4 is 24.0 Å². The Morgan fingerprint density at radius 3 is 2.40 bits per heavy atom. The molecule has 0 saturated carbocycles. The fraction of sp³-hybridized carbons (Fsp3) is 0.0556. The highest BCUT2D eigenvalue weighted by atomic mass is 16.5. The van der Waals surface area contributed by atoms with E-state index in [9.17, 15) is 14.4 Å². The van der Waals surface area contributed by atoms with Gasteiger partial charge in [0.15, 0.2) is 0 Å². The summed E-state index contributed by atoms with van der Waals surface area (Å²) in [6, 6.07) is 12.9. The van der Waals surface area contributed by atoms with E-state index in [0.717, 1.165) is 5.56 Å². The van der Waals surface area contributed by atoms with Crippen molar-refractivity contribution in [2.45, 2.75) is 6.61 Å². The fourth-order valence-electron chi connectivity index (χ4n) is 2.27. The molecule has 2 aromatic rings. The number of carboxylic acids is 1. The zero-order chi connectivity index (χ0) is 17.8. The highest BCUT2D eigenvalue weighted by molar-refractivity contribution is 6.14. The van der Waals surface area contributed by atoms with Gasteiger partial charge in [-0.15, -0.1) is 0 Å². The van der Waals surface area contributed by atoms with E-state index in [1.165, 1.54) is 18.2 Å². The maximum absolute atomic E-state index is 11.6. The molecule has 0 radical (unpaired) electrons. The molecule has 1 aliphatic rings. The number of rotatable bonds is 5. The average Bonchev–Trinajstić information content (AvgIpc) is 2.91. The molecule has 1 fully saturated rings. The van der Waals surface area contributed by atoms with Gasteiger partial charge in [-0.05, 0) is 29.8 Å². The van der Waals surface area contributed by atoms with Crippen LogP contribution in [0.3, 0.4) is 0 Å². The number of para-hydroxylation sites is 1. The Kier molecular flexibility index (Phi) is 4.47. The van der Waals surface area contributed by atoms with E-state index in [0.29, 0.717) is 11.3 Å². The van der Waals surface area contributed by atoms with Gasteiger partial charge in [0.2, 0.25) is 0 Å². The topological polar surface area (TPSA) is 105 Å². The lowest BCUT2D eigenvalue weighted by atomic mass is 10.1. The minimum absolute atomic E-state index is 0.145. The molecule has 3 N–H and O–H groups in total.